The van der Waals surface area contributed by atoms with E-state index in [9.17, 15) is 18.3 Å². The summed E-state index contributed by atoms with van der Waals surface area (Å²) in [5.74, 6) is 1.22. The van der Waals surface area contributed by atoms with Crippen molar-refractivity contribution >= 4 is 11.6 Å². The highest BCUT2D eigenvalue weighted by Gasteiger charge is 2.32. The van der Waals surface area contributed by atoms with Crippen molar-refractivity contribution in [1.82, 2.24) is 14.9 Å². The topological polar surface area (TPSA) is 64.5 Å². The van der Waals surface area contributed by atoms with Crippen LogP contribution in [-0.4, -0.2) is 65.4 Å². The van der Waals surface area contributed by atoms with E-state index >= 15 is 0 Å². The number of anilines is 2. The first-order valence-corrected chi connectivity index (χ1v) is 8.74. The lowest BCUT2D eigenvalue weighted by molar-refractivity contribution is -0.146. The molecule has 27 heavy (non-hydrogen) atoms. The number of aromatic nitrogens is 2. The maximum absolute atomic E-state index is 12.5. The predicted octanol–water partition coefficient (Wildman–Crippen LogP) is 2.31. The quantitative estimate of drug-likeness (QED) is 0.801. The molecule has 1 saturated heterocycles. The molecule has 146 valence electrons. The Bertz CT molecular complexity index is 720. The third kappa shape index (κ3) is 5.80. The molecule has 0 spiro atoms. The first-order chi connectivity index (χ1) is 12.9. The van der Waals surface area contributed by atoms with E-state index < -0.39 is 18.8 Å². The van der Waals surface area contributed by atoms with E-state index in [2.05, 4.69) is 15.3 Å². The Balaban J connectivity index is 1.53. The van der Waals surface area contributed by atoms with Gasteiger partial charge in [-0.05, 0) is 5.56 Å². The van der Waals surface area contributed by atoms with Crippen LogP contribution in [0, 0.1) is 0 Å². The molecule has 1 aliphatic rings. The molecule has 0 aliphatic carbocycles. The zero-order valence-electron chi connectivity index (χ0n) is 14.7. The van der Waals surface area contributed by atoms with E-state index in [-0.39, 0.29) is 0 Å². The molecule has 1 aromatic heterocycles. The van der Waals surface area contributed by atoms with E-state index in [1.165, 1.54) is 11.2 Å². The van der Waals surface area contributed by atoms with E-state index in [1.54, 1.807) is 6.07 Å². The maximum atomic E-state index is 12.5. The number of hydrogen-bond donors (Lipinski definition) is 2. The monoisotopic (exact) mass is 381 g/mol. The average molecular weight is 381 g/mol. The molecule has 2 N–H and O–H groups in total. The van der Waals surface area contributed by atoms with Crippen LogP contribution in [0.2, 0.25) is 0 Å². The third-order valence-electron chi connectivity index (χ3n) is 4.41. The second kappa shape index (κ2) is 8.53. The van der Waals surface area contributed by atoms with Crippen LogP contribution in [0.25, 0.3) is 0 Å². The Morgan fingerprint density at radius 1 is 1.07 bits per heavy atom. The highest BCUT2D eigenvalue weighted by atomic mass is 19.4. The van der Waals surface area contributed by atoms with Crippen LogP contribution in [0.5, 0.6) is 0 Å². The number of hydrogen-bond acceptors (Lipinski definition) is 6. The molecule has 1 fully saturated rings. The minimum absolute atomic E-state index is 0.291. The third-order valence-corrected chi connectivity index (χ3v) is 4.41. The van der Waals surface area contributed by atoms with Gasteiger partial charge in [-0.25, -0.2) is 9.97 Å². The van der Waals surface area contributed by atoms with Gasteiger partial charge in [-0.3, -0.25) is 4.90 Å². The zero-order chi connectivity index (χ0) is 19.3. The summed E-state index contributed by atoms with van der Waals surface area (Å²) in [6, 6.07) is 11.0. The van der Waals surface area contributed by atoms with Crippen molar-refractivity contribution in [3.05, 3.63) is 48.3 Å². The van der Waals surface area contributed by atoms with Crippen LogP contribution in [0.4, 0.5) is 24.8 Å². The largest absolute Gasteiger partial charge is 0.401 e. The molecule has 9 heteroatoms. The number of halogens is 3. The number of aliphatic hydroxyl groups is 1. The summed E-state index contributed by atoms with van der Waals surface area (Å²) < 4.78 is 37.4. The van der Waals surface area contributed by atoms with Crippen LogP contribution in [0.1, 0.15) is 11.7 Å². The molecule has 0 radical (unpaired) electrons. The molecule has 3 rings (SSSR count). The number of benzene rings is 1. The Kier molecular flexibility index (Phi) is 6.12. The molecule has 0 bridgehead atoms. The summed E-state index contributed by atoms with van der Waals surface area (Å²) in [5.41, 5.74) is 0.806. The molecular formula is C18H22F3N5O. The fourth-order valence-corrected chi connectivity index (χ4v) is 3.00. The number of alkyl halides is 3. The van der Waals surface area contributed by atoms with Crippen molar-refractivity contribution in [2.45, 2.75) is 12.3 Å². The van der Waals surface area contributed by atoms with Gasteiger partial charge >= 0.3 is 6.18 Å². The molecule has 6 nitrogen and oxygen atoms in total. The summed E-state index contributed by atoms with van der Waals surface area (Å²) in [6.07, 6.45) is -3.43. The van der Waals surface area contributed by atoms with E-state index in [4.69, 9.17) is 0 Å². The van der Waals surface area contributed by atoms with Crippen LogP contribution in [-0.2, 0) is 0 Å². The Hall–Kier alpha value is -2.39. The minimum Gasteiger partial charge on any atom is -0.387 e. The molecule has 0 unspecified atom stereocenters. The van der Waals surface area contributed by atoms with Crippen LogP contribution in [0.3, 0.4) is 0 Å². The normalized spacial score (nSPS) is 17.0. The van der Waals surface area contributed by atoms with E-state index in [0.29, 0.717) is 44.4 Å². The molecule has 1 aliphatic heterocycles. The zero-order valence-corrected chi connectivity index (χ0v) is 14.7. The molecule has 1 aromatic carbocycles. The van der Waals surface area contributed by atoms with Crippen LogP contribution >= 0.6 is 0 Å². The van der Waals surface area contributed by atoms with Crippen molar-refractivity contribution < 1.29 is 18.3 Å². The highest BCUT2D eigenvalue weighted by molar-refractivity contribution is 5.49. The summed E-state index contributed by atoms with van der Waals surface area (Å²) in [7, 11) is 0. The molecule has 1 atom stereocenters. The fraction of sp³-hybridized carbons (Fsp3) is 0.444. The lowest BCUT2D eigenvalue weighted by Gasteiger charge is -2.35. The van der Waals surface area contributed by atoms with Gasteiger partial charge in [0.05, 0.1) is 12.6 Å². The van der Waals surface area contributed by atoms with Crippen molar-refractivity contribution in [2.24, 2.45) is 0 Å². The van der Waals surface area contributed by atoms with Gasteiger partial charge in [-0.1, -0.05) is 30.3 Å². The number of nitrogens with zero attached hydrogens (tertiary/aromatic N) is 4. The standard InChI is InChI=1S/C18H22F3N5O/c19-18(20,21)12-25-6-8-26(9-7-25)17-10-16(23-13-24-17)22-11-15(27)14-4-2-1-3-5-14/h1-5,10,13,15,27H,6-9,11-12H2,(H,22,23,24)/t15-/m0/s1. The van der Waals surface area contributed by atoms with Gasteiger partial charge in [0.1, 0.15) is 18.0 Å². The number of nitrogens with one attached hydrogen (secondary N) is 1. The summed E-state index contributed by atoms with van der Waals surface area (Å²) in [5, 5.41) is 13.3. The first kappa shape index (κ1) is 19.4. The van der Waals surface area contributed by atoms with E-state index in [0.717, 1.165) is 5.56 Å². The summed E-state index contributed by atoms with van der Waals surface area (Å²) in [6.45, 7) is 1.02. The molecule has 0 saturated carbocycles. The predicted molar refractivity (Wildman–Crippen MR) is 96.6 cm³/mol. The van der Waals surface area contributed by atoms with Gasteiger partial charge in [0.2, 0.25) is 0 Å². The molecule has 0 amide bonds. The number of aliphatic hydroxyl groups excluding tert-OH is 1. The lowest BCUT2D eigenvalue weighted by atomic mass is 10.1. The highest BCUT2D eigenvalue weighted by Crippen LogP contribution is 2.21. The second-order valence-corrected chi connectivity index (χ2v) is 6.45. The summed E-state index contributed by atoms with van der Waals surface area (Å²) in [4.78, 5) is 11.7. The number of piperazine rings is 1. The van der Waals surface area contributed by atoms with Gasteiger partial charge in [-0.15, -0.1) is 0 Å². The van der Waals surface area contributed by atoms with Gasteiger partial charge in [0.15, 0.2) is 0 Å². The Morgan fingerprint density at radius 2 is 1.78 bits per heavy atom. The second-order valence-electron chi connectivity index (χ2n) is 6.45. The maximum Gasteiger partial charge on any atom is 0.401 e. The van der Waals surface area contributed by atoms with Gasteiger partial charge < -0.3 is 15.3 Å². The van der Waals surface area contributed by atoms with Crippen LogP contribution < -0.4 is 10.2 Å². The minimum atomic E-state index is -4.17. The average Bonchev–Trinajstić information content (AvgIpc) is 2.66. The first-order valence-electron chi connectivity index (χ1n) is 8.74. The molecular weight excluding hydrogens is 359 g/mol. The van der Waals surface area contributed by atoms with Crippen molar-refractivity contribution in [2.75, 3.05) is 49.5 Å². The lowest BCUT2D eigenvalue weighted by Crippen LogP contribution is -2.49. The van der Waals surface area contributed by atoms with Gasteiger partial charge in [0, 0.05) is 38.8 Å². The molecule has 2 aromatic rings. The van der Waals surface area contributed by atoms with Gasteiger partial charge in [0.25, 0.3) is 0 Å². The van der Waals surface area contributed by atoms with Crippen molar-refractivity contribution in [1.29, 1.82) is 0 Å². The smallest absolute Gasteiger partial charge is 0.387 e. The molecule has 2 heterocycles. The van der Waals surface area contributed by atoms with Gasteiger partial charge in [-0.2, -0.15) is 13.2 Å². The van der Waals surface area contributed by atoms with E-state index in [1.807, 2.05) is 35.2 Å². The van der Waals surface area contributed by atoms with Crippen molar-refractivity contribution in [3.63, 3.8) is 0 Å². The Morgan fingerprint density at radius 3 is 2.44 bits per heavy atom. The Labute approximate surface area is 155 Å². The van der Waals surface area contributed by atoms with Crippen molar-refractivity contribution in [3.8, 4) is 0 Å². The SMILES string of the molecule is O[C@@H](CNc1cc(N2CCN(CC(F)(F)F)CC2)ncn1)c1ccccc1. The fourth-order valence-electron chi connectivity index (χ4n) is 3.00. The summed E-state index contributed by atoms with van der Waals surface area (Å²) >= 11 is 0. The number of rotatable bonds is 6. The van der Waals surface area contributed by atoms with Crippen LogP contribution in [0.15, 0.2) is 42.7 Å².